The Morgan fingerprint density at radius 2 is 2.43 bits per heavy atom. The Labute approximate surface area is 118 Å². The summed E-state index contributed by atoms with van der Waals surface area (Å²) in [5, 5.41) is 19.6. The largest absolute Gasteiger partial charge is 0.393 e. The highest BCUT2D eigenvalue weighted by Crippen LogP contribution is 2.64. The molecule has 5 unspecified atom stereocenters. The lowest BCUT2D eigenvalue weighted by Crippen LogP contribution is -2.49. The van der Waals surface area contributed by atoms with E-state index in [2.05, 4.69) is 17.3 Å². The van der Waals surface area contributed by atoms with E-state index in [-0.39, 0.29) is 5.82 Å². The van der Waals surface area contributed by atoms with Crippen molar-refractivity contribution in [3.05, 3.63) is 41.1 Å². The van der Waals surface area contributed by atoms with Crippen molar-refractivity contribution in [2.24, 2.45) is 0 Å². The highest BCUT2D eigenvalue weighted by molar-refractivity contribution is 5.35. The average molecular weight is 295 g/mol. The molecule has 0 amide bonds. The lowest BCUT2D eigenvalue weighted by Gasteiger charge is -2.30. The van der Waals surface area contributed by atoms with E-state index < -0.39 is 41.8 Å². The summed E-state index contributed by atoms with van der Waals surface area (Å²) >= 11 is 0. The number of alkyl halides is 1. The smallest absolute Gasteiger partial charge is 0.349 e. The van der Waals surface area contributed by atoms with E-state index in [9.17, 15) is 19.4 Å². The molecular weight excluding hydrogens is 281 g/mol. The van der Waals surface area contributed by atoms with Gasteiger partial charge in [-0.2, -0.15) is 4.98 Å². The fraction of sp³-hybridized carbons (Fsp3) is 0.462. The van der Waals surface area contributed by atoms with E-state index >= 15 is 0 Å². The van der Waals surface area contributed by atoms with E-state index in [4.69, 9.17) is 10.5 Å². The van der Waals surface area contributed by atoms with Crippen LogP contribution >= 0.6 is 0 Å². The fourth-order valence-corrected chi connectivity index (χ4v) is 2.93. The van der Waals surface area contributed by atoms with Gasteiger partial charge in [-0.15, -0.1) is 5.73 Å². The third kappa shape index (κ3) is 1.64. The molecule has 0 bridgehead atoms. The molecule has 2 heterocycles. The minimum absolute atomic E-state index is 0.0238. The zero-order valence-electron chi connectivity index (χ0n) is 10.9. The molecule has 1 aromatic rings. The minimum Gasteiger partial charge on any atom is -0.393 e. The maximum atomic E-state index is 14.9. The van der Waals surface area contributed by atoms with Crippen molar-refractivity contribution in [3.8, 4) is 0 Å². The van der Waals surface area contributed by atoms with Gasteiger partial charge in [0.25, 0.3) is 0 Å². The number of aliphatic hydroxyl groups excluding tert-OH is 2. The summed E-state index contributed by atoms with van der Waals surface area (Å²) in [6.07, 6.45) is -0.225. The SMILES string of the molecule is C=C=CC1(CO)OC2C(n3ccc(N)nc3=O)C2(F)C1O. The second-order valence-electron chi connectivity index (χ2n) is 5.22. The maximum Gasteiger partial charge on any atom is 0.349 e. The van der Waals surface area contributed by atoms with Crippen molar-refractivity contribution in [1.29, 1.82) is 0 Å². The van der Waals surface area contributed by atoms with Gasteiger partial charge in [0.2, 0.25) is 0 Å². The summed E-state index contributed by atoms with van der Waals surface area (Å²) in [7, 11) is 0. The van der Waals surface area contributed by atoms with Crippen molar-refractivity contribution < 1.29 is 19.3 Å². The van der Waals surface area contributed by atoms with Crippen LogP contribution in [0.15, 0.2) is 35.4 Å². The topological polar surface area (TPSA) is 111 Å². The zero-order valence-corrected chi connectivity index (χ0v) is 10.9. The molecule has 7 nitrogen and oxygen atoms in total. The molecule has 1 saturated carbocycles. The summed E-state index contributed by atoms with van der Waals surface area (Å²) in [5.41, 5.74) is 3.25. The zero-order chi connectivity index (χ0) is 15.4. The Balaban J connectivity index is 1.97. The number of rotatable bonds is 3. The lowest BCUT2D eigenvalue weighted by molar-refractivity contribution is -0.0999. The average Bonchev–Trinajstić information content (AvgIpc) is 2.95. The summed E-state index contributed by atoms with van der Waals surface area (Å²) in [5.74, 6) is 0.0238. The molecule has 1 saturated heterocycles. The second-order valence-corrected chi connectivity index (χ2v) is 5.22. The summed E-state index contributed by atoms with van der Waals surface area (Å²) < 4.78 is 21.4. The van der Waals surface area contributed by atoms with Crippen LogP contribution in [-0.4, -0.2) is 49.8 Å². The molecule has 3 rings (SSSR count). The van der Waals surface area contributed by atoms with Crippen molar-refractivity contribution >= 4 is 5.82 Å². The number of nitrogens with two attached hydrogens (primary N) is 1. The Kier molecular flexibility index (Phi) is 2.83. The number of fused-ring (bicyclic) bond motifs is 1. The molecule has 1 aliphatic heterocycles. The Hall–Kier alpha value is -1.99. The van der Waals surface area contributed by atoms with Gasteiger partial charge >= 0.3 is 5.69 Å². The molecule has 2 aliphatic rings. The van der Waals surface area contributed by atoms with Crippen LogP contribution in [0.5, 0.6) is 0 Å². The lowest BCUT2D eigenvalue weighted by atomic mass is 9.93. The van der Waals surface area contributed by atoms with Gasteiger partial charge in [-0.1, -0.05) is 6.58 Å². The van der Waals surface area contributed by atoms with Crippen LogP contribution in [0.2, 0.25) is 0 Å². The quantitative estimate of drug-likeness (QED) is 0.612. The number of nitrogen functional groups attached to an aromatic ring is 1. The number of aliphatic hydroxyl groups is 2. The number of ether oxygens (including phenoxy) is 1. The molecule has 5 atom stereocenters. The van der Waals surface area contributed by atoms with Crippen LogP contribution in [0.4, 0.5) is 10.2 Å². The molecule has 0 radical (unpaired) electrons. The first kappa shape index (κ1) is 14.0. The summed E-state index contributed by atoms with van der Waals surface area (Å²) in [6, 6.07) is 0.347. The Morgan fingerprint density at radius 1 is 1.71 bits per heavy atom. The monoisotopic (exact) mass is 295 g/mol. The normalized spacial score (nSPS) is 40.4. The molecular formula is C13H14FN3O4. The predicted molar refractivity (Wildman–Crippen MR) is 70.2 cm³/mol. The van der Waals surface area contributed by atoms with Crippen molar-refractivity contribution in [2.45, 2.75) is 29.5 Å². The maximum absolute atomic E-state index is 14.9. The van der Waals surface area contributed by atoms with Crippen molar-refractivity contribution in [2.75, 3.05) is 12.3 Å². The van der Waals surface area contributed by atoms with Crippen molar-refractivity contribution in [1.82, 2.24) is 9.55 Å². The molecule has 112 valence electrons. The first-order chi connectivity index (χ1) is 9.90. The van der Waals surface area contributed by atoms with Crippen LogP contribution in [-0.2, 0) is 4.74 Å². The van der Waals surface area contributed by atoms with E-state index in [1.54, 1.807) is 0 Å². The van der Waals surface area contributed by atoms with Crippen molar-refractivity contribution in [3.63, 3.8) is 0 Å². The molecule has 0 spiro atoms. The molecule has 8 heteroatoms. The molecule has 0 aromatic carbocycles. The Bertz CT molecular complexity index is 701. The summed E-state index contributed by atoms with van der Waals surface area (Å²) in [4.78, 5) is 15.3. The summed E-state index contributed by atoms with van der Waals surface area (Å²) in [6.45, 7) is 2.71. The van der Waals surface area contributed by atoms with E-state index in [1.807, 2.05) is 0 Å². The van der Waals surface area contributed by atoms with Crippen LogP contribution in [0.3, 0.4) is 0 Å². The second kappa shape index (κ2) is 4.25. The van der Waals surface area contributed by atoms with E-state index in [0.717, 1.165) is 4.57 Å². The van der Waals surface area contributed by atoms with Gasteiger partial charge in [0.15, 0.2) is 5.67 Å². The Morgan fingerprint density at radius 3 is 2.90 bits per heavy atom. The van der Waals surface area contributed by atoms with Gasteiger partial charge in [0.1, 0.15) is 29.7 Å². The van der Waals surface area contributed by atoms with Crippen LogP contribution < -0.4 is 11.4 Å². The van der Waals surface area contributed by atoms with Gasteiger partial charge in [-0.3, -0.25) is 4.57 Å². The number of hydrogen-bond acceptors (Lipinski definition) is 6. The molecule has 2 fully saturated rings. The highest BCUT2D eigenvalue weighted by atomic mass is 19.1. The number of aromatic nitrogens is 2. The van der Waals surface area contributed by atoms with Crippen LogP contribution in [0, 0.1) is 0 Å². The number of halogens is 1. The van der Waals surface area contributed by atoms with E-state index in [0.29, 0.717) is 0 Å². The third-order valence-electron chi connectivity index (χ3n) is 4.04. The van der Waals surface area contributed by atoms with Gasteiger partial charge in [0.05, 0.1) is 6.61 Å². The molecule has 4 N–H and O–H groups in total. The number of hydrogen-bond donors (Lipinski definition) is 3. The molecule has 1 aromatic heterocycles. The third-order valence-corrected chi connectivity index (χ3v) is 4.04. The minimum atomic E-state index is -2.18. The first-order valence-corrected chi connectivity index (χ1v) is 6.28. The first-order valence-electron chi connectivity index (χ1n) is 6.28. The standard InChI is InChI=1S/C13H14FN3O4/c1-2-4-12(6-18)10(19)13(14)8(9(13)21-12)17-5-3-7(15)16-11(17)20/h3-5,8-10,18-19H,1,6H2,(H2,15,16,20). The van der Waals surface area contributed by atoms with Gasteiger partial charge in [-0.05, 0) is 12.1 Å². The number of anilines is 1. The van der Waals surface area contributed by atoms with E-state index in [1.165, 1.54) is 18.3 Å². The van der Waals surface area contributed by atoms with Gasteiger partial charge in [-0.25, -0.2) is 9.18 Å². The number of nitrogens with zero attached hydrogens (tertiary/aromatic N) is 2. The van der Waals surface area contributed by atoms with Gasteiger partial charge in [0, 0.05) is 6.20 Å². The fourth-order valence-electron chi connectivity index (χ4n) is 2.93. The predicted octanol–water partition coefficient (Wildman–Crippen LogP) is -1.08. The highest BCUT2D eigenvalue weighted by Gasteiger charge is 2.82. The molecule has 1 aliphatic carbocycles. The van der Waals surface area contributed by atoms with Crippen LogP contribution in [0.1, 0.15) is 6.04 Å². The van der Waals surface area contributed by atoms with Crippen LogP contribution in [0.25, 0.3) is 0 Å². The van der Waals surface area contributed by atoms with Gasteiger partial charge < -0.3 is 20.7 Å². The molecule has 21 heavy (non-hydrogen) atoms.